The molecule has 1 amide bonds. The van der Waals surface area contributed by atoms with Crippen LogP contribution in [0.3, 0.4) is 0 Å². The lowest BCUT2D eigenvalue weighted by Gasteiger charge is -2.04. The van der Waals surface area contributed by atoms with Gasteiger partial charge in [0.25, 0.3) is 5.91 Å². The van der Waals surface area contributed by atoms with E-state index in [-0.39, 0.29) is 5.91 Å². The molecule has 0 aliphatic carbocycles. The van der Waals surface area contributed by atoms with Crippen molar-refractivity contribution in [2.75, 3.05) is 5.32 Å². The third-order valence-electron chi connectivity index (χ3n) is 2.27. The fourth-order valence-corrected chi connectivity index (χ4v) is 2.40. The van der Waals surface area contributed by atoms with Gasteiger partial charge in [0.05, 0.1) is 11.6 Å². The molecule has 1 N–H and O–H groups in total. The summed E-state index contributed by atoms with van der Waals surface area (Å²) in [4.78, 5) is 27.0. The topological polar surface area (TPSA) is 68.3 Å². The molecular formula is C13H11ClN2O3S. The van der Waals surface area contributed by atoms with Crippen molar-refractivity contribution in [2.45, 2.75) is 12.8 Å². The van der Waals surface area contributed by atoms with Crippen LogP contribution in [-0.2, 0) is 10.7 Å². The minimum Gasteiger partial charge on any atom is -0.427 e. The molecular weight excluding hydrogens is 300 g/mol. The van der Waals surface area contributed by atoms with E-state index in [1.54, 1.807) is 23.6 Å². The van der Waals surface area contributed by atoms with Crippen LogP contribution in [0.1, 0.15) is 23.0 Å². The van der Waals surface area contributed by atoms with Crippen molar-refractivity contribution in [2.24, 2.45) is 0 Å². The molecule has 5 nitrogen and oxygen atoms in total. The lowest BCUT2D eigenvalue weighted by molar-refractivity contribution is -0.131. The van der Waals surface area contributed by atoms with E-state index in [4.69, 9.17) is 16.3 Å². The van der Waals surface area contributed by atoms with Crippen LogP contribution in [0, 0.1) is 0 Å². The Morgan fingerprint density at radius 1 is 1.45 bits per heavy atom. The Kier molecular flexibility index (Phi) is 4.70. The molecule has 0 unspecified atom stereocenters. The normalized spacial score (nSPS) is 10.1. The predicted molar refractivity (Wildman–Crippen MR) is 77.4 cm³/mol. The smallest absolute Gasteiger partial charge is 0.308 e. The van der Waals surface area contributed by atoms with Gasteiger partial charge in [-0.15, -0.1) is 22.9 Å². The number of aromatic nitrogens is 1. The number of benzene rings is 1. The van der Waals surface area contributed by atoms with Gasteiger partial charge in [-0.3, -0.25) is 14.9 Å². The summed E-state index contributed by atoms with van der Waals surface area (Å²) >= 11 is 6.95. The molecule has 7 heteroatoms. The first-order chi connectivity index (χ1) is 9.58. The van der Waals surface area contributed by atoms with Crippen molar-refractivity contribution in [3.63, 3.8) is 0 Å². The number of carbonyl (C=O) groups is 2. The fourth-order valence-electron chi connectivity index (χ4n) is 1.46. The molecule has 0 spiro atoms. The molecule has 1 aromatic heterocycles. The van der Waals surface area contributed by atoms with Gasteiger partial charge in [0.1, 0.15) is 5.75 Å². The molecule has 2 rings (SSSR count). The van der Waals surface area contributed by atoms with E-state index in [9.17, 15) is 9.59 Å². The largest absolute Gasteiger partial charge is 0.427 e. The Morgan fingerprint density at radius 3 is 2.90 bits per heavy atom. The average Bonchev–Trinajstić information content (AvgIpc) is 2.86. The third kappa shape index (κ3) is 3.79. The van der Waals surface area contributed by atoms with Crippen LogP contribution in [0.2, 0.25) is 0 Å². The number of rotatable bonds is 4. The molecule has 0 saturated carbocycles. The van der Waals surface area contributed by atoms with Gasteiger partial charge in [0.2, 0.25) is 0 Å². The average molecular weight is 311 g/mol. The lowest BCUT2D eigenvalue weighted by atomic mass is 10.2. The third-order valence-corrected chi connectivity index (χ3v) is 3.35. The summed E-state index contributed by atoms with van der Waals surface area (Å²) in [5, 5.41) is 4.91. The number of alkyl halides is 1. The Balaban J connectivity index is 2.10. The van der Waals surface area contributed by atoms with Gasteiger partial charge >= 0.3 is 5.97 Å². The zero-order valence-corrected chi connectivity index (χ0v) is 12.1. The molecule has 1 heterocycles. The van der Waals surface area contributed by atoms with Crippen LogP contribution in [0.5, 0.6) is 5.75 Å². The first kappa shape index (κ1) is 14.5. The van der Waals surface area contributed by atoms with E-state index < -0.39 is 5.97 Å². The number of nitrogens with zero attached hydrogens (tertiary/aromatic N) is 1. The number of halogens is 1. The number of anilines is 1. The summed E-state index contributed by atoms with van der Waals surface area (Å²) in [6.45, 7) is 1.30. The summed E-state index contributed by atoms with van der Waals surface area (Å²) in [7, 11) is 0. The maximum atomic E-state index is 12.0. The van der Waals surface area contributed by atoms with Crippen LogP contribution in [0.15, 0.2) is 29.6 Å². The van der Waals surface area contributed by atoms with E-state index in [1.807, 2.05) is 0 Å². The Morgan fingerprint density at radius 2 is 2.25 bits per heavy atom. The Bertz CT molecular complexity index is 642. The number of esters is 1. The highest BCUT2D eigenvalue weighted by atomic mass is 35.5. The van der Waals surface area contributed by atoms with Crippen LogP contribution >= 0.6 is 22.9 Å². The molecule has 0 bridgehead atoms. The maximum Gasteiger partial charge on any atom is 0.308 e. The zero-order chi connectivity index (χ0) is 14.5. The molecule has 1 aromatic carbocycles. The molecule has 2 aromatic rings. The molecule has 0 aliphatic rings. The molecule has 0 fully saturated rings. The van der Waals surface area contributed by atoms with Crippen LogP contribution in [0.4, 0.5) is 5.13 Å². The van der Waals surface area contributed by atoms with Gasteiger partial charge in [-0.25, -0.2) is 4.98 Å². The van der Waals surface area contributed by atoms with Gasteiger partial charge in [-0.1, -0.05) is 6.07 Å². The van der Waals surface area contributed by atoms with Crippen LogP contribution in [-0.4, -0.2) is 16.9 Å². The zero-order valence-electron chi connectivity index (χ0n) is 10.6. The number of hydrogen-bond acceptors (Lipinski definition) is 5. The summed E-state index contributed by atoms with van der Waals surface area (Å²) in [6.07, 6.45) is 0. The van der Waals surface area contributed by atoms with E-state index in [0.717, 1.165) is 0 Å². The number of ether oxygens (including phenoxy) is 1. The SMILES string of the molecule is CC(=O)Oc1cccc(C(=O)Nc2nc(CCl)cs2)c1. The highest BCUT2D eigenvalue weighted by Gasteiger charge is 2.10. The van der Waals surface area contributed by atoms with Crippen molar-refractivity contribution in [3.8, 4) is 5.75 Å². The highest BCUT2D eigenvalue weighted by Crippen LogP contribution is 2.19. The summed E-state index contributed by atoms with van der Waals surface area (Å²) in [5.74, 6) is -0.136. The summed E-state index contributed by atoms with van der Waals surface area (Å²) in [6, 6.07) is 6.36. The standard InChI is InChI=1S/C13H11ClN2O3S/c1-8(17)19-11-4-2-3-9(5-11)12(18)16-13-15-10(6-14)7-20-13/h2-5,7H,6H2,1H3,(H,15,16,18). The maximum absolute atomic E-state index is 12.0. The van der Waals surface area contributed by atoms with E-state index in [2.05, 4.69) is 10.3 Å². The van der Waals surface area contributed by atoms with E-state index in [0.29, 0.717) is 28.0 Å². The lowest BCUT2D eigenvalue weighted by Crippen LogP contribution is -2.12. The first-order valence-corrected chi connectivity index (χ1v) is 7.10. The van der Waals surface area contributed by atoms with E-state index >= 15 is 0 Å². The summed E-state index contributed by atoms with van der Waals surface area (Å²) < 4.78 is 4.93. The van der Waals surface area contributed by atoms with Gasteiger partial charge in [-0.05, 0) is 18.2 Å². The minimum absolute atomic E-state index is 0.300. The van der Waals surface area contributed by atoms with Crippen molar-refractivity contribution in [3.05, 3.63) is 40.9 Å². The second-order valence-corrected chi connectivity index (χ2v) is 4.98. The van der Waals surface area contributed by atoms with Gasteiger partial charge in [0.15, 0.2) is 5.13 Å². The Hall–Kier alpha value is -1.92. The fraction of sp³-hybridized carbons (Fsp3) is 0.154. The van der Waals surface area contributed by atoms with Gasteiger partial charge < -0.3 is 4.74 Å². The number of nitrogens with one attached hydrogen (secondary N) is 1. The van der Waals surface area contributed by atoms with Gasteiger partial charge in [0, 0.05) is 17.9 Å². The van der Waals surface area contributed by atoms with Crippen LogP contribution in [0.25, 0.3) is 0 Å². The molecule has 0 atom stereocenters. The monoisotopic (exact) mass is 310 g/mol. The van der Waals surface area contributed by atoms with Crippen LogP contribution < -0.4 is 10.1 Å². The summed E-state index contributed by atoms with van der Waals surface area (Å²) in [5.41, 5.74) is 1.09. The second-order valence-electron chi connectivity index (χ2n) is 3.85. The second kappa shape index (κ2) is 6.49. The number of hydrogen-bond donors (Lipinski definition) is 1. The van der Waals surface area contributed by atoms with Crippen molar-refractivity contribution >= 4 is 39.9 Å². The van der Waals surface area contributed by atoms with Crippen molar-refractivity contribution in [1.82, 2.24) is 4.98 Å². The molecule has 104 valence electrons. The van der Waals surface area contributed by atoms with Crippen molar-refractivity contribution < 1.29 is 14.3 Å². The molecule has 20 heavy (non-hydrogen) atoms. The van der Waals surface area contributed by atoms with Gasteiger partial charge in [-0.2, -0.15) is 0 Å². The first-order valence-electron chi connectivity index (χ1n) is 5.68. The minimum atomic E-state index is -0.436. The Labute approximate surface area is 124 Å². The highest BCUT2D eigenvalue weighted by molar-refractivity contribution is 7.14. The quantitative estimate of drug-likeness (QED) is 0.535. The number of amides is 1. The predicted octanol–water partition coefficient (Wildman–Crippen LogP) is 3.06. The molecule has 0 saturated heterocycles. The molecule has 0 aliphatic heterocycles. The number of carbonyl (C=O) groups excluding carboxylic acids is 2. The van der Waals surface area contributed by atoms with Crippen molar-refractivity contribution in [1.29, 1.82) is 0 Å². The number of thiazole rings is 1. The van der Waals surface area contributed by atoms with E-state index in [1.165, 1.54) is 24.3 Å². The molecule has 0 radical (unpaired) electrons.